The Balaban J connectivity index is 0.000000291. The van der Waals surface area contributed by atoms with Crippen LogP contribution < -0.4 is 5.32 Å². The summed E-state index contributed by atoms with van der Waals surface area (Å²) in [4.78, 5) is 0. The third kappa shape index (κ3) is 3.46. The third-order valence-electron chi connectivity index (χ3n) is 1.30. The van der Waals surface area contributed by atoms with Crippen LogP contribution in [-0.2, 0) is 4.74 Å². The van der Waals surface area contributed by atoms with Crippen molar-refractivity contribution in [2.75, 3.05) is 20.8 Å². The van der Waals surface area contributed by atoms with Crippen LogP contribution in [0.25, 0.3) is 0 Å². The SMILES string of the molecule is CO.COC1CCCN1. The molecule has 0 aromatic rings. The van der Waals surface area contributed by atoms with Crippen LogP contribution in [0.3, 0.4) is 0 Å². The van der Waals surface area contributed by atoms with Gasteiger partial charge in [-0.25, -0.2) is 0 Å². The summed E-state index contributed by atoms with van der Waals surface area (Å²) in [7, 11) is 2.74. The molecule has 1 aliphatic rings. The highest BCUT2D eigenvalue weighted by atomic mass is 16.5. The van der Waals surface area contributed by atoms with E-state index in [0.717, 1.165) is 13.7 Å². The second-order valence-electron chi connectivity index (χ2n) is 1.82. The summed E-state index contributed by atoms with van der Waals surface area (Å²) in [6.07, 6.45) is 2.79. The first kappa shape index (κ1) is 8.88. The zero-order chi connectivity index (χ0) is 7.11. The molecule has 1 saturated heterocycles. The summed E-state index contributed by atoms with van der Waals surface area (Å²) >= 11 is 0. The summed E-state index contributed by atoms with van der Waals surface area (Å²) in [6, 6.07) is 0. The molecule has 1 atom stereocenters. The molecule has 9 heavy (non-hydrogen) atoms. The molecule has 2 N–H and O–H groups in total. The van der Waals surface area contributed by atoms with Crippen LogP contribution in [0.4, 0.5) is 0 Å². The van der Waals surface area contributed by atoms with Crippen LogP contribution in [-0.4, -0.2) is 32.1 Å². The topological polar surface area (TPSA) is 41.5 Å². The fraction of sp³-hybridized carbons (Fsp3) is 1.00. The first-order valence-corrected chi connectivity index (χ1v) is 3.14. The smallest absolute Gasteiger partial charge is 0.107 e. The summed E-state index contributed by atoms with van der Waals surface area (Å²) < 4.78 is 5.00. The molecule has 0 radical (unpaired) electrons. The molecule has 3 heteroatoms. The molecule has 0 aliphatic carbocycles. The molecular formula is C6H15NO2. The molecule has 0 aromatic carbocycles. The molecule has 0 spiro atoms. The number of aliphatic hydroxyl groups is 1. The lowest BCUT2D eigenvalue weighted by Crippen LogP contribution is -2.22. The van der Waals surface area contributed by atoms with Crippen LogP contribution in [0.15, 0.2) is 0 Å². The molecule has 0 bridgehead atoms. The number of ether oxygens (including phenoxy) is 1. The lowest BCUT2D eigenvalue weighted by Gasteiger charge is -2.04. The van der Waals surface area contributed by atoms with Crippen molar-refractivity contribution in [2.24, 2.45) is 0 Å². The molecule has 1 aliphatic heterocycles. The summed E-state index contributed by atoms with van der Waals surface area (Å²) in [5, 5.41) is 10.2. The normalized spacial score (nSPS) is 25.0. The van der Waals surface area contributed by atoms with Crippen molar-refractivity contribution in [3.8, 4) is 0 Å². The maximum Gasteiger partial charge on any atom is 0.107 e. The van der Waals surface area contributed by atoms with Gasteiger partial charge in [-0.2, -0.15) is 0 Å². The monoisotopic (exact) mass is 133 g/mol. The van der Waals surface area contributed by atoms with Crippen molar-refractivity contribution in [3.63, 3.8) is 0 Å². The van der Waals surface area contributed by atoms with Crippen LogP contribution in [0.2, 0.25) is 0 Å². The number of nitrogens with one attached hydrogen (secondary N) is 1. The fourth-order valence-corrected chi connectivity index (χ4v) is 0.854. The van der Waals surface area contributed by atoms with Crippen molar-refractivity contribution in [1.82, 2.24) is 5.32 Å². The van der Waals surface area contributed by atoms with Crippen molar-refractivity contribution in [1.29, 1.82) is 0 Å². The average molecular weight is 133 g/mol. The van der Waals surface area contributed by atoms with Gasteiger partial charge in [0.2, 0.25) is 0 Å². The second-order valence-corrected chi connectivity index (χ2v) is 1.82. The first-order chi connectivity index (χ1) is 4.43. The van der Waals surface area contributed by atoms with Crippen molar-refractivity contribution in [3.05, 3.63) is 0 Å². The maximum atomic E-state index is 7.00. The van der Waals surface area contributed by atoms with E-state index >= 15 is 0 Å². The number of rotatable bonds is 1. The standard InChI is InChI=1S/C5H11NO.CH4O/c1-7-5-3-2-4-6-5;1-2/h5-6H,2-4H2,1H3;2H,1H3. The van der Waals surface area contributed by atoms with Gasteiger partial charge in [0, 0.05) is 14.2 Å². The maximum absolute atomic E-state index is 7.00. The Kier molecular flexibility index (Phi) is 5.93. The van der Waals surface area contributed by atoms with E-state index < -0.39 is 0 Å². The van der Waals surface area contributed by atoms with Crippen LogP contribution >= 0.6 is 0 Å². The highest BCUT2D eigenvalue weighted by molar-refractivity contribution is 4.63. The van der Waals surface area contributed by atoms with Crippen molar-refractivity contribution < 1.29 is 9.84 Å². The number of hydrogen-bond acceptors (Lipinski definition) is 3. The van der Waals surface area contributed by atoms with Crippen LogP contribution in [0.5, 0.6) is 0 Å². The molecule has 0 aromatic heterocycles. The van der Waals surface area contributed by atoms with Crippen LogP contribution in [0, 0.1) is 0 Å². The van der Waals surface area contributed by atoms with E-state index in [1.54, 1.807) is 7.11 Å². The third-order valence-corrected chi connectivity index (χ3v) is 1.30. The van der Waals surface area contributed by atoms with Gasteiger partial charge in [-0.1, -0.05) is 0 Å². The summed E-state index contributed by atoms with van der Waals surface area (Å²) in [5.74, 6) is 0. The van der Waals surface area contributed by atoms with E-state index in [-0.39, 0.29) is 0 Å². The van der Waals surface area contributed by atoms with Gasteiger partial charge in [0.25, 0.3) is 0 Å². The van der Waals surface area contributed by atoms with Crippen molar-refractivity contribution >= 4 is 0 Å². The first-order valence-electron chi connectivity index (χ1n) is 3.14. The number of hydrogen-bond donors (Lipinski definition) is 2. The van der Waals surface area contributed by atoms with Gasteiger partial charge in [0.1, 0.15) is 6.23 Å². The highest BCUT2D eigenvalue weighted by Crippen LogP contribution is 2.03. The molecule has 1 unspecified atom stereocenters. The minimum atomic E-state index is 0.347. The van der Waals surface area contributed by atoms with E-state index in [9.17, 15) is 0 Å². The van der Waals surface area contributed by atoms with E-state index in [0.29, 0.717) is 6.23 Å². The Morgan fingerprint density at radius 1 is 1.56 bits per heavy atom. The Hall–Kier alpha value is -0.120. The van der Waals surface area contributed by atoms with Gasteiger partial charge in [-0.15, -0.1) is 0 Å². The quantitative estimate of drug-likeness (QED) is 0.527. The molecule has 1 heterocycles. The minimum absolute atomic E-state index is 0.347. The van der Waals surface area contributed by atoms with Gasteiger partial charge < -0.3 is 9.84 Å². The minimum Gasteiger partial charge on any atom is -0.400 e. The van der Waals surface area contributed by atoms with Crippen molar-refractivity contribution in [2.45, 2.75) is 19.1 Å². The number of aliphatic hydroxyl groups excluding tert-OH is 1. The summed E-state index contributed by atoms with van der Waals surface area (Å²) in [6.45, 7) is 1.12. The fourth-order valence-electron chi connectivity index (χ4n) is 0.854. The van der Waals surface area contributed by atoms with Gasteiger partial charge in [-0.05, 0) is 19.4 Å². The predicted octanol–water partition coefficient (Wildman–Crippen LogP) is -0.0492. The molecule has 0 saturated carbocycles. The lowest BCUT2D eigenvalue weighted by molar-refractivity contribution is 0.0912. The van der Waals surface area contributed by atoms with E-state index in [1.165, 1.54) is 12.8 Å². The Morgan fingerprint density at radius 3 is 2.44 bits per heavy atom. The largest absolute Gasteiger partial charge is 0.400 e. The predicted molar refractivity (Wildman–Crippen MR) is 36.2 cm³/mol. The van der Waals surface area contributed by atoms with E-state index in [4.69, 9.17) is 9.84 Å². The molecule has 1 fully saturated rings. The summed E-state index contributed by atoms with van der Waals surface area (Å²) in [5.41, 5.74) is 0. The van der Waals surface area contributed by atoms with Crippen LogP contribution in [0.1, 0.15) is 12.8 Å². The highest BCUT2D eigenvalue weighted by Gasteiger charge is 2.10. The molecule has 56 valence electrons. The van der Waals surface area contributed by atoms with Gasteiger partial charge in [-0.3, -0.25) is 5.32 Å². The molecular weight excluding hydrogens is 118 g/mol. The Bertz CT molecular complexity index is 53.0. The molecule has 1 rings (SSSR count). The average Bonchev–Trinajstić information content (AvgIpc) is 2.43. The molecule has 0 amide bonds. The van der Waals surface area contributed by atoms with Gasteiger partial charge in [0.05, 0.1) is 0 Å². The number of methoxy groups -OCH3 is 1. The zero-order valence-electron chi connectivity index (χ0n) is 6.05. The van der Waals surface area contributed by atoms with E-state index in [1.807, 2.05) is 0 Å². The Labute approximate surface area is 56.0 Å². The lowest BCUT2D eigenvalue weighted by atomic mass is 10.4. The molecule has 3 nitrogen and oxygen atoms in total. The Morgan fingerprint density at radius 2 is 2.22 bits per heavy atom. The van der Waals surface area contributed by atoms with Gasteiger partial charge in [0.15, 0.2) is 0 Å². The second kappa shape index (κ2) is 6.01. The van der Waals surface area contributed by atoms with Gasteiger partial charge >= 0.3 is 0 Å². The van der Waals surface area contributed by atoms with E-state index in [2.05, 4.69) is 5.32 Å². The zero-order valence-corrected chi connectivity index (χ0v) is 6.05.